The highest BCUT2D eigenvalue weighted by Gasteiger charge is 2.60. The molecule has 4 aliphatic rings. The molecular weight excluding hydrogens is 356 g/mol. The van der Waals surface area contributed by atoms with Gasteiger partial charge in [0.25, 0.3) is 0 Å². The Bertz CT molecular complexity index is 850. The molecule has 4 fully saturated rings. The molecule has 4 saturated carbocycles. The van der Waals surface area contributed by atoms with Crippen molar-refractivity contribution in [3.05, 3.63) is 18.2 Å². The number of fused-ring (bicyclic) bond motifs is 1. The van der Waals surface area contributed by atoms with Gasteiger partial charge in [-0.1, -0.05) is 11.3 Å². The maximum absolute atomic E-state index is 13.2. The monoisotopic (exact) mass is 376 g/mol. The Morgan fingerprint density at radius 3 is 2.76 bits per heavy atom. The fraction of sp³-hybridized carbons (Fsp3) is 0.579. The molecule has 4 aliphatic carbocycles. The third-order valence-electron chi connectivity index (χ3n) is 6.29. The van der Waals surface area contributed by atoms with Crippen molar-refractivity contribution in [2.75, 3.05) is 12.4 Å². The summed E-state index contributed by atoms with van der Waals surface area (Å²) in [6.45, 7) is 0. The number of rotatable bonds is 3. The molecular formula is C19H21ClN2O2S. The van der Waals surface area contributed by atoms with Gasteiger partial charge in [-0.2, -0.15) is 0 Å². The molecule has 0 aliphatic heterocycles. The number of carbonyl (C=O) groups excluding carboxylic acids is 1. The summed E-state index contributed by atoms with van der Waals surface area (Å²) in [6.07, 6.45) is 6.22. The number of carbonyl (C=O) groups is 1. The van der Waals surface area contributed by atoms with E-state index in [4.69, 9.17) is 16.3 Å². The van der Waals surface area contributed by atoms with Crippen LogP contribution in [0.3, 0.4) is 0 Å². The van der Waals surface area contributed by atoms with Crippen molar-refractivity contribution in [3.63, 3.8) is 0 Å². The van der Waals surface area contributed by atoms with Crippen LogP contribution in [0.25, 0.3) is 10.2 Å². The van der Waals surface area contributed by atoms with Crippen LogP contribution in [0.5, 0.6) is 5.75 Å². The number of hydrogen-bond donors (Lipinski definition) is 1. The van der Waals surface area contributed by atoms with Gasteiger partial charge in [-0.15, -0.1) is 11.6 Å². The number of anilines is 1. The number of nitrogens with zero attached hydrogens (tertiary/aromatic N) is 1. The van der Waals surface area contributed by atoms with Gasteiger partial charge in [-0.05, 0) is 68.6 Å². The van der Waals surface area contributed by atoms with Gasteiger partial charge in [-0.3, -0.25) is 4.79 Å². The van der Waals surface area contributed by atoms with E-state index in [1.807, 2.05) is 18.2 Å². The standard InChI is InChI=1S/C19H21ClN2O2S/c1-24-13-2-3-14-15(5-13)25-17(21-14)22-16(23)18-6-11-4-12(7-18)9-19(20,8-11)10-18/h2-3,5,11-12H,4,6-10H2,1H3,(H,21,22,23)/t11-,12+,18?,19?. The molecule has 1 amide bonds. The smallest absolute Gasteiger partial charge is 0.232 e. The molecule has 6 rings (SSSR count). The van der Waals surface area contributed by atoms with E-state index >= 15 is 0 Å². The highest BCUT2D eigenvalue weighted by Crippen LogP contribution is 2.64. The fourth-order valence-electron chi connectivity index (χ4n) is 5.73. The van der Waals surface area contributed by atoms with Crippen LogP contribution in [0.1, 0.15) is 38.5 Å². The van der Waals surface area contributed by atoms with Crippen molar-refractivity contribution in [1.82, 2.24) is 4.98 Å². The zero-order valence-corrected chi connectivity index (χ0v) is 15.8. The summed E-state index contributed by atoms with van der Waals surface area (Å²) >= 11 is 8.36. The van der Waals surface area contributed by atoms with Crippen LogP contribution >= 0.6 is 22.9 Å². The van der Waals surface area contributed by atoms with Crippen LogP contribution in [-0.4, -0.2) is 22.9 Å². The maximum Gasteiger partial charge on any atom is 0.232 e. The second-order valence-corrected chi connectivity index (χ2v) is 10.0. The molecule has 0 saturated heterocycles. The SMILES string of the molecule is COc1ccc2nc(NC(=O)C34C[C@@H]5C[C@@H](CC(Cl)(C5)C3)C4)sc2c1. The van der Waals surface area contributed by atoms with Gasteiger partial charge in [0.15, 0.2) is 5.13 Å². The Balaban J connectivity index is 1.42. The number of halogens is 1. The van der Waals surface area contributed by atoms with E-state index in [0.717, 1.165) is 48.1 Å². The van der Waals surface area contributed by atoms with Gasteiger partial charge in [0.1, 0.15) is 5.75 Å². The minimum Gasteiger partial charge on any atom is -0.497 e. The molecule has 1 aromatic carbocycles. The number of amides is 1. The maximum atomic E-state index is 13.2. The number of methoxy groups -OCH3 is 1. The lowest BCUT2D eigenvalue weighted by Crippen LogP contribution is -2.57. The Labute approximate surface area is 155 Å². The first-order chi connectivity index (χ1) is 12.0. The fourth-order valence-corrected chi connectivity index (χ4v) is 7.31. The molecule has 0 spiro atoms. The largest absolute Gasteiger partial charge is 0.497 e. The van der Waals surface area contributed by atoms with Crippen molar-refractivity contribution in [3.8, 4) is 5.75 Å². The summed E-state index contributed by atoms with van der Waals surface area (Å²) in [7, 11) is 1.65. The van der Waals surface area contributed by atoms with Crippen LogP contribution in [0, 0.1) is 17.3 Å². The first-order valence-electron chi connectivity index (χ1n) is 8.92. The van der Waals surface area contributed by atoms with E-state index in [9.17, 15) is 4.79 Å². The van der Waals surface area contributed by atoms with E-state index < -0.39 is 0 Å². The lowest BCUT2D eigenvalue weighted by atomic mass is 9.49. The average Bonchev–Trinajstić information content (AvgIpc) is 2.93. The highest BCUT2D eigenvalue weighted by molar-refractivity contribution is 7.22. The lowest BCUT2D eigenvalue weighted by molar-refractivity contribution is -0.138. The van der Waals surface area contributed by atoms with Crippen molar-refractivity contribution in [2.45, 2.75) is 43.4 Å². The predicted octanol–water partition coefficient (Wildman–Crippen LogP) is 4.82. The second kappa shape index (κ2) is 5.34. The average molecular weight is 377 g/mol. The molecule has 1 heterocycles. The van der Waals surface area contributed by atoms with Crippen molar-refractivity contribution >= 4 is 44.2 Å². The summed E-state index contributed by atoms with van der Waals surface area (Å²) in [5.41, 5.74) is 0.599. The third-order valence-corrected chi connectivity index (χ3v) is 7.66. The van der Waals surface area contributed by atoms with Crippen LogP contribution in [0.4, 0.5) is 5.13 Å². The van der Waals surface area contributed by atoms with Gasteiger partial charge >= 0.3 is 0 Å². The first-order valence-corrected chi connectivity index (χ1v) is 10.1. The Kier molecular flexibility index (Phi) is 3.39. The molecule has 132 valence electrons. The molecule has 0 radical (unpaired) electrons. The number of benzene rings is 1. The molecule has 4 bridgehead atoms. The van der Waals surface area contributed by atoms with Crippen LogP contribution < -0.4 is 10.1 Å². The summed E-state index contributed by atoms with van der Waals surface area (Å²) in [6, 6.07) is 5.78. The first kappa shape index (κ1) is 15.9. The third kappa shape index (κ3) is 2.55. The van der Waals surface area contributed by atoms with E-state index in [1.165, 1.54) is 17.8 Å². The second-order valence-electron chi connectivity index (χ2n) is 8.20. The zero-order valence-electron chi connectivity index (χ0n) is 14.2. The van der Waals surface area contributed by atoms with Gasteiger partial charge in [-0.25, -0.2) is 4.98 Å². The Hall–Kier alpha value is -1.33. The number of hydrogen-bond acceptors (Lipinski definition) is 4. The predicted molar refractivity (Wildman–Crippen MR) is 101 cm³/mol. The van der Waals surface area contributed by atoms with E-state index in [1.54, 1.807) is 7.11 Å². The minimum atomic E-state index is -0.290. The van der Waals surface area contributed by atoms with Gasteiger partial charge < -0.3 is 10.1 Å². The number of ether oxygens (including phenoxy) is 1. The number of alkyl halides is 1. The molecule has 4 atom stereocenters. The Morgan fingerprint density at radius 1 is 1.32 bits per heavy atom. The summed E-state index contributed by atoms with van der Waals surface area (Å²) in [5.74, 6) is 2.16. The van der Waals surface area contributed by atoms with Gasteiger partial charge in [0, 0.05) is 4.87 Å². The molecule has 2 unspecified atom stereocenters. The van der Waals surface area contributed by atoms with E-state index in [-0.39, 0.29) is 16.2 Å². The minimum absolute atomic E-state index is 0.123. The van der Waals surface area contributed by atoms with Crippen LogP contribution in [-0.2, 0) is 4.79 Å². The highest BCUT2D eigenvalue weighted by atomic mass is 35.5. The number of thiazole rings is 1. The van der Waals surface area contributed by atoms with E-state index in [2.05, 4.69) is 10.3 Å². The zero-order chi connectivity index (χ0) is 17.2. The van der Waals surface area contributed by atoms with Gasteiger partial charge in [0.2, 0.25) is 5.91 Å². The molecule has 4 nitrogen and oxygen atoms in total. The van der Waals surface area contributed by atoms with Crippen LogP contribution in [0.2, 0.25) is 0 Å². The van der Waals surface area contributed by atoms with Crippen molar-refractivity contribution in [1.29, 1.82) is 0 Å². The number of aromatic nitrogens is 1. The molecule has 25 heavy (non-hydrogen) atoms. The quantitative estimate of drug-likeness (QED) is 0.781. The topological polar surface area (TPSA) is 51.2 Å². The molecule has 1 aromatic heterocycles. The van der Waals surface area contributed by atoms with Gasteiger partial charge in [0.05, 0.1) is 22.7 Å². The molecule has 6 heteroatoms. The number of nitrogens with one attached hydrogen (secondary N) is 1. The lowest BCUT2D eigenvalue weighted by Gasteiger charge is -2.59. The Morgan fingerprint density at radius 2 is 2.08 bits per heavy atom. The summed E-state index contributed by atoms with van der Waals surface area (Å²) < 4.78 is 6.29. The van der Waals surface area contributed by atoms with E-state index in [0.29, 0.717) is 17.0 Å². The normalized spacial score (nSPS) is 35.9. The summed E-state index contributed by atoms with van der Waals surface area (Å²) in [5, 5.41) is 3.79. The van der Waals surface area contributed by atoms with Crippen molar-refractivity contribution in [2.24, 2.45) is 17.3 Å². The van der Waals surface area contributed by atoms with Crippen molar-refractivity contribution < 1.29 is 9.53 Å². The summed E-state index contributed by atoms with van der Waals surface area (Å²) in [4.78, 5) is 17.6. The molecule has 1 N–H and O–H groups in total. The van der Waals surface area contributed by atoms with Crippen LogP contribution in [0.15, 0.2) is 18.2 Å². The molecule has 2 aromatic rings.